The number of hydrogen-bond acceptors (Lipinski definition) is 3. The predicted molar refractivity (Wildman–Crippen MR) is 115 cm³/mol. The van der Waals surface area contributed by atoms with E-state index >= 15 is 0 Å². The van der Waals surface area contributed by atoms with Crippen molar-refractivity contribution in [2.24, 2.45) is 0 Å². The summed E-state index contributed by atoms with van der Waals surface area (Å²) in [5.74, 6) is -1.48. The maximum Gasteiger partial charge on any atom is 0.435 e. The number of para-hydroxylation sites is 1. The largest absolute Gasteiger partial charge is 0.480 e. The number of aromatic nitrogens is 2. The molecule has 3 aromatic rings. The summed E-state index contributed by atoms with van der Waals surface area (Å²) < 4.78 is 41.3. The smallest absolute Gasteiger partial charge is 0.435 e. The number of rotatable bonds is 4. The molecule has 33 heavy (non-hydrogen) atoms. The number of carboxylic acid groups (broad SMARTS) is 1. The van der Waals surface area contributed by atoms with Gasteiger partial charge in [0.25, 0.3) is 5.91 Å². The molecule has 6 nitrogen and oxygen atoms in total. The first-order valence-electron chi connectivity index (χ1n) is 10.2. The molecule has 1 fully saturated rings. The van der Waals surface area contributed by atoms with Crippen LogP contribution in [0, 0.1) is 0 Å². The van der Waals surface area contributed by atoms with E-state index in [0.29, 0.717) is 24.9 Å². The van der Waals surface area contributed by atoms with Crippen LogP contribution < -0.4 is 0 Å². The first-order chi connectivity index (χ1) is 15.7. The third kappa shape index (κ3) is 4.59. The number of alkyl halides is 3. The summed E-state index contributed by atoms with van der Waals surface area (Å²) >= 11 is 6.19. The van der Waals surface area contributed by atoms with Crippen LogP contribution in [0.5, 0.6) is 0 Å². The Hall–Kier alpha value is -3.33. The molecule has 0 spiro atoms. The summed E-state index contributed by atoms with van der Waals surface area (Å²) in [6.45, 7) is 0.339. The molecule has 1 aliphatic heterocycles. The van der Waals surface area contributed by atoms with Crippen LogP contribution in [0.15, 0.2) is 54.6 Å². The van der Waals surface area contributed by atoms with E-state index in [1.54, 1.807) is 24.3 Å². The van der Waals surface area contributed by atoms with Crippen molar-refractivity contribution < 1.29 is 27.9 Å². The molecule has 0 radical (unpaired) electrons. The Morgan fingerprint density at radius 3 is 2.39 bits per heavy atom. The zero-order valence-electron chi connectivity index (χ0n) is 17.2. The molecule has 172 valence electrons. The summed E-state index contributed by atoms with van der Waals surface area (Å²) in [6, 6.07) is 12.4. The van der Waals surface area contributed by atoms with Gasteiger partial charge in [0.15, 0.2) is 5.69 Å². The average molecular weight is 478 g/mol. The van der Waals surface area contributed by atoms with Crippen LogP contribution in [-0.4, -0.2) is 44.3 Å². The van der Waals surface area contributed by atoms with Crippen molar-refractivity contribution in [3.63, 3.8) is 0 Å². The summed E-state index contributed by atoms with van der Waals surface area (Å²) in [5.41, 5.74) is 0.00286. The Labute approximate surface area is 192 Å². The SMILES string of the molecule is O=C(O)C1CCCCN1C(=O)c1ccc(-c2cc(C(F)(F)F)nn2-c2ccccc2Cl)cc1. The molecule has 1 atom stereocenters. The Kier molecular flexibility index (Phi) is 6.16. The van der Waals surface area contributed by atoms with Crippen molar-refractivity contribution in [2.75, 3.05) is 6.54 Å². The number of carbonyl (C=O) groups excluding carboxylic acids is 1. The van der Waals surface area contributed by atoms with Gasteiger partial charge in [-0.15, -0.1) is 0 Å². The Balaban J connectivity index is 1.71. The van der Waals surface area contributed by atoms with Gasteiger partial charge in [0, 0.05) is 17.7 Å². The summed E-state index contributed by atoms with van der Waals surface area (Å²) in [7, 11) is 0. The van der Waals surface area contributed by atoms with Gasteiger partial charge in [0.2, 0.25) is 0 Å². The fraction of sp³-hybridized carbons (Fsp3) is 0.261. The fourth-order valence-electron chi connectivity index (χ4n) is 3.91. The second-order valence-electron chi connectivity index (χ2n) is 7.70. The van der Waals surface area contributed by atoms with Gasteiger partial charge in [0.1, 0.15) is 6.04 Å². The minimum atomic E-state index is -4.66. The van der Waals surface area contributed by atoms with Crippen molar-refractivity contribution >= 4 is 23.5 Å². The molecule has 0 saturated carbocycles. The molecule has 0 bridgehead atoms. The van der Waals surface area contributed by atoms with Crippen LogP contribution in [0.4, 0.5) is 13.2 Å². The highest BCUT2D eigenvalue weighted by atomic mass is 35.5. The number of amides is 1. The number of halogens is 4. The maximum absolute atomic E-state index is 13.4. The van der Waals surface area contributed by atoms with Crippen LogP contribution >= 0.6 is 11.6 Å². The van der Waals surface area contributed by atoms with Crippen molar-refractivity contribution in [2.45, 2.75) is 31.5 Å². The van der Waals surface area contributed by atoms with Crippen molar-refractivity contribution in [3.8, 4) is 16.9 Å². The second kappa shape index (κ2) is 8.90. The number of nitrogens with zero attached hydrogens (tertiary/aromatic N) is 3. The monoisotopic (exact) mass is 477 g/mol. The van der Waals surface area contributed by atoms with Gasteiger partial charge in [-0.25, -0.2) is 9.48 Å². The van der Waals surface area contributed by atoms with Gasteiger partial charge < -0.3 is 10.0 Å². The van der Waals surface area contributed by atoms with E-state index in [1.165, 1.54) is 29.2 Å². The summed E-state index contributed by atoms with van der Waals surface area (Å²) in [5, 5.41) is 13.4. The van der Waals surface area contributed by atoms with Gasteiger partial charge in [-0.05, 0) is 49.6 Å². The normalized spacial score (nSPS) is 16.6. The zero-order chi connectivity index (χ0) is 23.8. The fourth-order valence-corrected chi connectivity index (χ4v) is 4.13. The van der Waals surface area contributed by atoms with Gasteiger partial charge >= 0.3 is 12.1 Å². The number of likely N-dealkylation sites (tertiary alicyclic amines) is 1. The Morgan fingerprint density at radius 1 is 1.06 bits per heavy atom. The number of hydrogen-bond donors (Lipinski definition) is 1. The molecule has 10 heteroatoms. The number of benzene rings is 2. The van der Waals surface area contributed by atoms with Gasteiger partial charge in [0.05, 0.1) is 16.4 Å². The van der Waals surface area contributed by atoms with E-state index in [4.69, 9.17) is 11.6 Å². The lowest BCUT2D eigenvalue weighted by atomic mass is 10.0. The van der Waals surface area contributed by atoms with Crippen LogP contribution in [0.2, 0.25) is 5.02 Å². The van der Waals surface area contributed by atoms with E-state index < -0.39 is 29.8 Å². The standard InChI is InChI=1S/C23H19ClF3N3O3/c24-16-5-1-2-6-17(16)30-19(13-20(28-30)23(25,26)27)14-8-10-15(11-9-14)21(31)29-12-4-3-7-18(29)22(32)33/h1-2,5-6,8-11,13,18H,3-4,7,12H2,(H,32,33). The minimum Gasteiger partial charge on any atom is -0.480 e. The van der Waals surface area contributed by atoms with Crippen LogP contribution in [0.3, 0.4) is 0 Å². The Bertz CT molecular complexity index is 1190. The molecular weight excluding hydrogens is 459 g/mol. The van der Waals surface area contributed by atoms with E-state index in [2.05, 4.69) is 5.10 Å². The van der Waals surface area contributed by atoms with E-state index in [1.807, 2.05) is 0 Å². The molecule has 0 aliphatic carbocycles. The van der Waals surface area contributed by atoms with E-state index in [0.717, 1.165) is 17.2 Å². The molecule has 1 unspecified atom stereocenters. The van der Waals surface area contributed by atoms with Crippen LogP contribution in [0.1, 0.15) is 35.3 Å². The minimum absolute atomic E-state index is 0.149. The number of piperidine rings is 1. The molecule has 1 amide bonds. The highest BCUT2D eigenvalue weighted by molar-refractivity contribution is 6.32. The quantitative estimate of drug-likeness (QED) is 0.554. The van der Waals surface area contributed by atoms with E-state index in [-0.39, 0.29) is 22.0 Å². The van der Waals surface area contributed by atoms with Gasteiger partial charge in [-0.1, -0.05) is 35.9 Å². The summed E-state index contributed by atoms with van der Waals surface area (Å²) in [6.07, 6.45) is -2.83. The molecule has 2 aromatic carbocycles. The number of aliphatic carboxylic acids is 1. The lowest BCUT2D eigenvalue weighted by molar-refractivity contribution is -0.143. The zero-order valence-corrected chi connectivity index (χ0v) is 18.0. The highest BCUT2D eigenvalue weighted by Gasteiger charge is 2.36. The average Bonchev–Trinajstić information content (AvgIpc) is 3.25. The highest BCUT2D eigenvalue weighted by Crippen LogP contribution is 2.34. The third-order valence-corrected chi connectivity index (χ3v) is 5.88. The topological polar surface area (TPSA) is 75.4 Å². The predicted octanol–water partition coefficient (Wildman–Crippen LogP) is 5.29. The maximum atomic E-state index is 13.4. The lowest BCUT2D eigenvalue weighted by Gasteiger charge is -2.33. The number of carbonyl (C=O) groups is 2. The first kappa shape index (κ1) is 22.8. The Morgan fingerprint density at radius 2 is 1.76 bits per heavy atom. The third-order valence-electron chi connectivity index (χ3n) is 5.56. The molecule has 1 aromatic heterocycles. The molecule has 1 saturated heterocycles. The van der Waals surface area contributed by atoms with Crippen LogP contribution in [0.25, 0.3) is 16.9 Å². The second-order valence-corrected chi connectivity index (χ2v) is 8.11. The molecule has 2 heterocycles. The molecule has 1 aliphatic rings. The molecular formula is C23H19ClF3N3O3. The van der Waals surface area contributed by atoms with Gasteiger partial charge in [-0.2, -0.15) is 18.3 Å². The van der Waals surface area contributed by atoms with Gasteiger partial charge in [-0.3, -0.25) is 4.79 Å². The van der Waals surface area contributed by atoms with Crippen molar-refractivity contribution in [1.82, 2.24) is 14.7 Å². The molecule has 1 N–H and O–H groups in total. The van der Waals surface area contributed by atoms with E-state index in [9.17, 15) is 27.9 Å². The van der Waals surface area contributed by atoms with Crippen molar-refractivity contribution in [1.29, 1.82) is 0 Å². The number of carboxylic acids is 1. The lowest BCUT2D eigenvalue weighted by Crippen LogP contribution is -2.47. The van der Waals surface area contributed by atoms with Crippen LogP contribution in [-0.2, 0) is 11.0 Å². The summed E-state index contributed by atoms with van der Waals surface area (Å²) in [4.78, 5) is 25.8. The molecule has 4 rings (SSSR count). The van der Waals surface area contributed by atoms with Crippen molar-refractivity contribution in [3.05, 3.63) is 70.9 Å². The first-order valence-corrected chi connectivity index (χ1v) is 10.6.